The van der Waals surface area contributed by atoms with E-state index in [0.717, 1.165) is 18.2 Å². The lowest BCUT2D eigenvalue weighted by atomic mass is 10.2. The van der Waals surface area contributed by atoms with Crippen LogP contribution in [0.1, 0.15) is 0 Å². The molecule has 0 spiro atoms. The second-order valence-electron chi connectivity index (χ2n) is 3.86. The molecule has 2 aromatic rings. The van der Waals surface area contributed by atoms with E-state index in [-0.39, 0.29) is 5.69 Å². The summed E-state index contributed by atoms with van der Waals surface area (Å²) in [6.45, 7) is 0. The minimum atomic E-state index is -0.763. The lowest BCUT2D eigenvalue weighted by Gasteiger charge is -2.07. The van der Waals surface area contributed by atoms with Crippen molar-refractivity contribution < 1.29 is 14.1 Å². The highest BCUT2D eigenvalue weighted by atomic mass is 19.1. The van der Waals surface area contributed by atoms with Gasteiger partial charge in [0.15, 0.2) is 0 Å². The summed E-state index contributed by atoms with van der Waals surface area (Å²) in [5.74, 6) is -0.745. The van der Waals surface area contributed by atoms with E-state index in [4.69, 9.17) is 0 Å². The maximum atomic E-state index is 13.0. The van der Waals surface area contributed by atoms with Gasteiger partial charge in [-0.1, -0.05) is 18.2 Å². The Bertz CT molecular complexity index is 647. The molecule has 0 saturated carbocycles. The highest BCUT2D eigenvalue weighted by molar-refractivity contribution is 6.01. The summed E-state index contributed by atoms with van der Waals surface area (Å²) in [6.07, 6.45) is 0. The molecule has 6 nitrogen and oxygen atoms in total. The van der Waals surface area contributed by atoms with Gasteiger partial charge in [0, 0.05) is 5.69 Å². The number of nitrogens with one attached hydrogen (secondary N) is 2. The topological polar surface area (TPSA) is 84.3 Å². The van der Waals surface area contributed by atoms with Crippen LogP contribution in [0.2, 0.25) is 0 Å². The molecule has 0 unspecified atom stereocenters. The highest BCUT2D eigenvalue weighted by Crippen LogP contribution is 2.25. The Kier molecular flexibility index (Phi) is 3.90. The fraction of sp³-hybridized carbons (Fsp3) is 0. The normalized spacial score (nSPS) is 9.85. The Hall–Kier alpha value is -2.96. The predicted molar refractivity (Wildman–Crippen MR) is 72.1 cm³/mol. The molecule has 0 atom stereocenters. The third-order valence-corrected chi connectivity index (χ3v) is 2.44. The Morgan fingerprint density at radius 1 is 1.10 bits per heavy atom. The van der Waals surface area contributed by atoms with Crippen LogP contribution in [0, 0.1) is 15.9 Å². The SMILES string of the molecule is O=C(Nc1ccccc1)Nc1ccc(F)cc1[N+](=O)[O-]. The Morgan fingerprint density at radius 3 is 2.45 bits per heavy atom. The van der Waals surface area contributed by atoms with Gasteiger partial charge in [-0.15, -0.1) is 0 Å². The smallest absolute Gasteiger partial charge is 0.308 e. The summed E-state index contributed by atoms with van der Waals surface area (Å²) in [5, 5.41) is 15.6. The summed E-state index contributed by atoms with van der Waals surface area (Å²) in [5.41, 5.74) is -0.0483. The van der Waals surface area contributed by atoms with Gasteiger partial charge in [-0.2, -0.15) is 0 Å². The minimum Gasteiger partial charge on any atom is -0.308 e. The fourth-order valence-corrected chi connectivity index (χ4v) is 1.57. The van der Waals surface area contributed by atoms with Crippen molar-refractivity contribution in [2.45, 2.75) is 0 Å². The van der Waals surface area contributed by atoms with Gasteiger partial charge >= 0.3 is 6.03 Å². The summed E-state index contributed by atoms with van der Waals surface area (Å²) in [6, 6.07) is 10.9. The predicted octanol–water partition coefficient (Wildman–Crippen LogP) is 3.38. The van der Waals surface area contributed by atoms with E-state index < -0.39 is 22.5 Å². The molecule has 0 aliphatic heterocycles. The molecule has 0 saturated heterocycles. The summed E-state index contributed by atoms with van der Waals surface area (Å²) >= 11 is 0. The maximum absolute atomic E-state index is 13.0. The lowest BCUT2D eigenvalue weighted by molar-refractivity contribution is -0.384. The molecule has 20 heavy (non-hydrogen) atoms. The molecule has 0 radical (unpaired) electrons. The van der Waals surface area contributed by atoms with Crippen LogP contribution >= 0.6 is 0 Å². The zero-order valence-corrected chi connectivity index (χ0v) is 10.2. The molecule has 2 aromatic carbocycles. The zero-order valence-electron chi connectivity index (χ0n) is 10.2. The van der Waals surface area contributed by atoms with E-state index in [1.54, 1.807) is 30.3 Å². The molecule has 2 N–H and O–H groups in total. The Morgan fingerprint density at radius 2 is 1.80 bits per heavy atom. The van der Waals surface area contributed by atoms with Crippen molar-refractivity contribution in [3.63, 3.8) is 0 Å². The van der Waals surface area contributed by atoms with Gasteiger partial charge < -0.3 is 10.6 Å². The second-order valence-corrected chi connectivity index (χ2v) is 3.86. The van der Waals surface area contributed by atoms with Crippen molar-refractivity contribution in [3.8, 4) is 0 Å². The third-order valence-electron chi connectivity index (χ3n) is 2.44. The number of hydrogen-bond acceptors (Lipinski definition) is 3. The number of hydrogen-bond donors (Lipinski definition) is 2. The number of anilines is 2. The largest absolute Gasteiger partial charge is 0.323 e. The molecule has 102 valence electrons. The number of nitro benzene ring substituents is 1. The molecular weight excluding hydrogens is 265 g/mol. The molecule has 7 heteroatoms. The van der Waals surface area contributed by atoms with E-state index in [2.05, 4.69) is 10.6 Å². The van der Waals surface area contributed by atoms with E-state index in [1.165, 1.54) is 0 Å². The number of benzene rings is 2. The zero-order chi connectivity index (χ0) is 14.5. The number of carbonyl (C=O) groups is 1. The van der Waals surface area contributed by atoms with Gasteiger partial charge in [-0.05, 0) is 24.3 Å². The van der Waals surface area contributed by atoms with Crippen LogP contribution in [0.15, 0.2) is 48.5 Å². The number of carbonyl (C=O) groups excluding carboxylic acids is 1. The molecular formula is C13H10FN3O3. The first kappa shape index (κ1) is 13.5. The van der Waals surface area contributed by atoms with Crippen LogP contribution in [0.3, 0.4) is 0 Å². The second kappa shape index (κ2) is 5.79. The fourth-order valence-electron chi connectivity index (χ4n) is 1.57. The Labute approximate surface area is 113 Å². The van der Waals surface area contributed by atoms with Crippen LogP contribution in [0.5, 0.6) is 0 Å². The lowest BCUT2D eigenvalue weighted by Crippen LogP contribution is -2.20. The van der Waals surface area contributed by atoms with Crippen molar-refractivity contribution in [3.05, 3.63) is 64.5 Å². The molecule has 0 aliphatic carbocycles. The molecule has 0 aliphatic rings. The van der Waals surface area contributed by atoms with Crippen molar-refractivity contribution in [2.75, 3.05) is 10.6 Å². The molecule has 0 heterocycles. The summed E-state index contributed by atoms with van der Waals surface area (Å²) in [4.78, 5) is 21.7. The number of rotatable bonds is 3. The molecule has 0 bridgehead atoms. The number of nitro groups is 1. The van der Waals surface area contributed by atoms with Crippen LogP contribution in [-0.4, -0.2) is 11.0 Å². The van der Waals surface area contributed by atoms with Gasteiger partial charge in [0.1, 0.15) is 11.5 Å². The average Bonchev–Trinajstić information content (AvgIpc) is 2.41. The number of para-hydroxylation sites is 1. The first-order chi connectivity index (χ1) is 9.56. The highest BCUT2D eigenvalue weighted by Gasteiger charge is 2.16. The minimum absolute atomic E-state index is 0.0789. The summed E-state index contributed by atoms with van der Waals surface area (Å²) < 4.78 is 13.0. The van der Waals surface area contributed by atoms with Crippen LogP contribution in [-0.2, 0) is 0 Å². The summed E-state index contributed by atoms with van der Waals surface area (Å²) in [7, 11) is 0. The molecule has 0 aromatic heterocycles. The van der Waals surface area contributed by atoms with Crippen molar-refractivity contribution in [1.29, 1.82) is 0 Å². The standard InChI is InChI=1S/C13H10FN3O3/c14-9-6-7-11(12(8-9)17(19)20)16-13(18)15-10-4-2-1-3-5-10/h1-8H,(H2,15,16,18). The van der Waals surface area contributed by atoms with Crippen molar-refractivity contribution >= 4 is 23.1 Å². The van der Waals surface area contributed by atoms with Crippen molar-refractivity contribution in [1.82, 2.24) is 0 Å². The van der Waals surface area contributed by atoms with E-state index in [1.807, 2.05) is 0 Å². The molecule has 0 fully saturated rings. The number of amides is 2. The van der Waals surface area contributed by atoms with Gasteiger partial charge in [-0.25, -0.2) is 9.18 Å². The number of nitrogens with zero attached hydrogens (tertiary/aromatic N) is 1. The van der Waals surface area contributed by atoms with Gasteiger partial charge in [0.2, 0.25) is 0 Å². The average molecular weight is 275 g/mol. The first-order valence-corrected chi connectivity index (χ1v) is 5.63. The van der Waals surface area contributed by atoms with Gasteiger partial charge in [0.25, 0.3) is 5.69 Å². The monoisotopic (exact) mass is 275 g/mol. The Balaban J connectivity index is 2.14. The number of halogens is 1. The van der Waals surface area contributed by atoms with E-state index >= 15 is 0 Å². The molecule has 2 amide bonds. The van der Waals surface area contributed by atoms with Crippen LogP contribution < -0.4 is 10.6 Å². The number of urea groups is 1. The van der Waals surface area contributed by atoms with Crippen molar-refractivity contribution in [2.24, 2.45) is 0 Å². The van der Waals surface area contributed by atoms with Crippen LogP contribution in [0.4, 0.5) is 26.2 Å². The third kappa shape index (κ3) is 3.29. The quantitative estimate of drug-likeness (QED) is 0.665. The van der Waals surface area contributed by atoms with E-state index in [9.17, 15) is 19.3 Å². The maximum Gasteiger partial charge on any atom is 0.323 e. The van der Waals surface area contributed by atoms with E-state index in [0.29, 0.717) is 5.69 Å². The first-order valence-electron chi connectivity index (χ1n) is 5.63. The van der Waals surface area contributed by atoms with Gasteiger partial charge in [-0.3, -0.25) is 10.1 Å². The van der Waals surface area contributed by atoms with Crippen LogP contribution in [0.25, 0.3) is 0 Å². The van der Waals surface area contributed by atoms with Gasteiger partial charge in [0.05, 0.1) is 11.0 Å². The molecule has 2 rings (SSSR count).